The Morgan fingerprint density at radius 3 is 2.72 bits per heavy atom. The topological polar surface area (TPSA) is 58.0 Å². The van der Waals surface area contributed by atoms with Crippen molar-refractivity contribution in [3.05, 3.63) is 17.0 Å². The summed E-state index contributed by atoms with van der Waals surface area (Å²) in [5.41, 5.74) is 0.268. The molecule has 2 N–H and O–H groups in total. The second-order valence-corrected chi connectivity index (χ2v) is 5.80. The van der Waals surface area contributed by atoms with Crippen molar-refractivity contribution < 1.29 is 5.11 Å². The van der Waals surface area contributed by atoms with Crippen LogP contribution in [-0.4, -0.2) is 28.2 Å². The van der Waals surface area contributed by atoms with Crippen molar-refractivity contribution in [1.82, 2.24) is 9.97 Å². The summed E-state index contributed by atoms with van der Waals surface area (Å²) >= 11 is 5.99. The van der Waals surface area contributed by atoms with Crippen molar-refractivity contribution in [2.24, 2.45) is 5.41 Å². The number of hydrogen-bond acceptors (Lipinski definition) is 4. The van der Waals surface area contributed by atoms with Crippen LogP contribution in [0.3, 0.4) is 0 Å². The van der Waals surface area contributed by atoms with E-state index in [0.717, 1.165) is 24.6 Å². The first-order valence-corrected chi connectivity index (χ1v) is 6.82. The normalized spacial score (nSPS) is 16.9. The Balaban J connectivity index is 2.01. The highest BCUT2D eigenvalue weighted by Gasteiger charge is 2.41. The minimum absolute atomic E-state index is 0.253. The maximum Gasteiger partial charge on any atom is 0.135 e. The van der Waals surface area contributed by atoms with Gasteiger partial charge in [-0.25, -0.2) is 9.97 Å². The summed E-state index contributed by atoms with van der Waals surface area (Å²) in [4.78, 5) is 8.66. The highest BCUT2D eigenvalue weighted by atomic mass is 35.5. The van der Waals surface area contributed by atoms with Crippen LogP contribution in [0.15, 0.2) is 6.07 Å². The SMILES string of the molecule is CC(C)c1nc(Cl)cc(NCC2(CCO)CC2)n1. The van der Waals surface area contributed by atoms with Gasteiger partial charge in [0.25, 0.3) is 0 Å². The van der Waals surface area contributed by atoms with Gasteiger partial charge in [-0.1, -0.05) is 25.4 Å². The largest absolute Gasteiger partial charge is 0.396 e. The van der Waals surface area contributed by atoms with E-state index in [0.29, 0.717) is 5.15 Å². The highest BCUT2D eigenvalue weighted by Crippen LogP contribution is 2.48. The molecule has 4 nitrogen and oxygen atoms in total. The Kier molecular flexibility index (Phi) is 4.07. The molecule has 1 aromatic rings. The van der Waals surface area contributed by atoms with Crippen LogP contribution in [0.4, 0.5) is 5.82 Å². The fourth-order valence-corrected chi connectivity index (χ4v) is 2.18. The van der Waals surface area contributed by atoms with Crippen LogP contribution >= 0.6 is 11.6 Å². The molecule has 0 unspecified atom stereocenters. The van der Waals surface area contributed by atoms with Crippen LogP contribution in [0, 0.1) is 5.41 Å². The van der Waals surface area contributed by atoms with Gasteiger partial charge in [0, 0.05) is 25.1 Å². The molecule has 0 atom stereocenters. The minimum Gasteiger partial charge on any atom is -0.396 e. The van der Waals surface area contributed by atoms with E-state index in [9.17, 15) is 0 Å². The van der Waals surface area contributed by atoms with Gasteiger partial charge < -0.3 is 10.4 Å². The lowest BCUT2D eigenvalue weighted by molar-refractivity contribution is 0.253. The molecular formula is C13H20ClN3O. The molecule has 1 aliphatic carbocycles. The summed E-state index contributed by atoms with van der Waals surface area (Å²) in [6, 6.07) is 1.75. The number of hydrogen-bond donors (Lipinski definition) is 2. The van der Waals surface area contributed by atoms with Crippen molar-refractivity contribution >= 4 is 17.4 Å². The van der Waals surface area contributed by atoms with E-state index < -0.39 is 0 Å². The first-order valence-electron chi connectivity index (χ1n) is 6.44. The summed E-state index contributed by atoms with van der Waals surface area (Å²) in [6.07, 6.45) is 3.21. The van der Waals surface area contributed by atoms with E-state index in [1.54, 1.807) is 6.07 Å². The second-order valence-electron chi connectivity index (χ2n) is 5.42. The van der Waals surface area contributed by atoms with Gasteiger partial charge in [-0.3, -0.25) is 0 Å². The lowest BCUT2D eigenvalue weighted by atomic mass is 10.0. The number of nitrogens with one attached hydrogen (secondary N) is 1. The Morgan fingerprint density at radius 1 is 1.44 bits per heavy atom. The van der Waals surface area contributed by atoms with Crippen LogP contribution < -0.4 is 5.32 Å². The summed E-state index contributed by atoms with van der Waals surface area (Å²) in [5, 5.41) is 12.8. The average Bonchev–Trinajstić information content (AvgIpc) is 3.07. The molecule has 1 aliphatic rings. The van der Waals surface area contributed by atoms with Crippen LogP contribution in [-0.2, 0) is 0 Å². The van der Waals surface area contributed by atoms with Gasteiger partial charge in [0.1, 0.15) is 16.8 Å². The molecule has 1 fully saturated rings. The van der Waals surface area contributed by atoms with Gasteiger partial charge >= 0.3 is 0 Å². The molecule has 5 heteroatoms. The molecule has 0 aromatic carbocycles. The maximum atomic E-state index is 9.03. The number of aliphatic hydroxyl groups excluding tert-OH is 1. The third kappa shape index (κ3) is 3.33. The summed E-state index contributed by atoms with van der Waals surface area (Å²) in [6.45, 7) is 5.19. The Morgan fingerprint density at radius 2 is 2.17 bits per heavy atom. The zero-order valence-electron chi connectivity index (χ0n) is 10.9. The first-order chi connectivity index (χ1) is 8.54. The molecule has 100 valence electrons. The van der Waals surface area contributed by atoms with E-state index in [1.807, 2.05) is 13.8 Å². The highest BCUT2D eigenvalue weighted by molar-refractivity contribution is 6.29. The van der Waals surface area contributed by atoms with Gasteiger partial charge in [-0.15, -0.1) is 0 Å². The number of anilines is 1. The van der Waals surface area contributed by atoms with Gasteiger partial charge in [0.15, 0.2) is 0 Å². The van der Waals surface area contributed by atoms with Crippen LogP contribution in [0.2, 0.25) is 5.15 Å². The summed E-state index contributed by atoms with van der Waals surface area (Å²) in [7, 11) is 0. The van der Waals surface area contributed by atoms with Gasteiger partial charge in [0.2, 0.25) is 0 Å². The van der Waals surface area contributed by atoms with Crippen LogP contribution in [0.1, 0.15) is 44.9 Å². The Labute approximate surface area is 113 Å². The molecule has 0 saturated heterocycles. The standard InChI is InChI=1S/C13H20ClN3O/c1-9(2)12-16-10(14)7-11(17-12)15-8-13(3-4-13)5-6-18/h7,9,18H,3-6,8H2,1-2H3,(H,15,16,17). The van der Waals surface area contributed by atoms with Crippen molar-refractivity contribution in [3.63, 3.8) is 0 Å². The zero-order chi connectivity index (χ0) is 13.2. The third-order valence-electron chi connectivity index (χ3n) is 3.47. The van der Waals surface area contributed by atoms with Crippen molar-refractivity contribution in [1.29, 1.82) is 0 Å². The molecule has 0 radical (unpaired) electrons. The van der Waals surface area contributed by atoms with E-state index in [2.05, 4.69) is 15.3 Å². The Bertz CT molecular complexity index is 419. The molecule has 0 spiro atoms. The van der Waals surface area contributed by atoms with Crippen molar-refractivity contribution in [2.75, 3.05) is 18.5 Å². The van der Waals surface area contributed by atoms with Crippen molar-refractivity contribution in [3.8, 4) is 0 Å². The van der Waals surface area contributed by atoms with Crippen molar-refractivity contribution in [2.45, 2.75) is 39.0 Å². The number of aromatic nitrogens is 2. The van der Waals surface area contributed by atoms with Gasteiger partial charge in [0.05, 0.1) is 0 Å². The average molecular weight is 270 g/mol. The van der Waals surface area contributed by atoms with E-state index in [1.165, 1.54) is 12.8 Å². The number of aliphatic hydroxyl groups is 1. The fourth-order valence-electron chi connectivity index (χ4n) is 1.99. The molecule has 18 heavy (non-hydrogen) atoms. The molecule has 2 rings (SSSR count). The predicted molar refractivity (Wildman–Crippen MR) is 73.0 cm³/mol. The Hall–Kier alpha value is -0.870. The predicted octanol–water partition coefficient (Wildman–Crippen LogP) is 2.83. The van der Waals surface area contributed by atoms with Crippen LogP contribution in [0.25, 0.3) is 0 Å². The third-order valence-corrected chi connectivity index (χ3v) is 3.67. The molecule has 0 amide bonds. The monoisotopic (exact) mass is 269 g/mol. The zero-order valence-corrected chi connectivity index (χ0v) is 11.7. The lowest BCUT2D eigenvalue weighted by Crippen LogP contribution is -2.18. The first kappa shape index (κ1) is 13.6. The van der Waals surface area contributed by atoms with E-state index in [-0.39, 0.29) is 17.9 Å². The lowest BCUT2D eigenvalue weighted by Gasteiger charge is -2.16. The maximum absolute atomic E-state index is 9.03. The van der Waals surface area contributed by atoms with E-state index >= 15 is 0 Å². The molecule has 0 aliphatic heterocycles. The van der Waals surface area contributed by atoms with Gasteiger partial charge in [-0.05, 0) is 24.7 Å². The summed E-state index contributed by atoms with van der Waals surface area (Å²) in [5.74, 6) is 1.80. The molecular weight excluding hydrogens is 250 g/mol. The van der Waals surface area contributed by atoms with Crippen LogP contribution in [0.5, 0.6) is 0 Å². The number of nitrogens with zero attached hydrogens (tertiary/aromatic N) is 2. The molecule has 1 saturated carbocycles. The second kappa shape index (κ2) is 5.41. The smallest absolute Gasteiger partial charge is 0.135 e. The fraction of sp³-hybridized carbons (Fsp3) is 0.692. The molecule has 1 aromatic heterocycles. The number of rotatable bonds is 6. The van der Waals surface area contributed by atoms with Gasteiger partial charge in [-0.2, -0.15) is 0 Å². The molecule has 0 bridgehead atoms. The summed E-state index contributed by atoms with van der Waals surface area (Å²) < 4.78 is 0. The minimum atomic E-state index is 0.253. The van der Waals surface area contributed by atoms with E-state index in [4.69, 9.17) is 16.7 Å². The quantitative estimate of drug-likeness (QED) is 0.780. The molecule has 1 heterocycles. The number of halogens is 1.